The molecule has 0 spiro atoms. The van der Waals surface area contributed by atoms with Crippen molar-refractivity contribution >= 4 is 21.9 Å². The zero-order valence-electron chi connectivity index (χ0n) is 14.6. The molecule has 2 aromatic rings. The van der Waals surface area contributed by atoms with Crippen molar-refractivity contribution in [3.8, 4) is 0 Å². The first-order valence-corrected chi connectivity index (χ1v) is 9.42. The molecule has 11 heteroatoms. The lowest BCUT2D eigenvalue weighted by Gasteiger charge is -2.31. The summed E-state index contributed by atoms with van der Waals surface area (Å²) in [5.41, 5.74) is 6.40. The average molecular weight is 381 g/mol. The number of ketones is 1. The first-order valence-electron chi connectivity index (χ1n) is 8.02. The van der Waals surface area contributed by atoms with Gasteiger partial charge in [-0.05, 0) is 0 Å². The highest BCUT2D eigenvalue weighted by Crippen LogP contribution is 2.14. The summed E-state index contributed by atoms with van der Waals surface area (Å²) in [6.07, 6.45) is 0. The Morgan fingerprint density at radius 3 is 2.38 bits per heavy atom. The van der Waals surface area contributed by atoms with Gasteiger partial charge in [-0.25, -0.2) is 0 Å². The number of nitrogens with two attached hydrogens (primary N) is 1. The zero-order chi connectivity index (χ0) is 18.9. The van der Waals surface area contributed by atoms with Crippen molar-refractivity contribution in [2.24, 2.45) is 0 Å². The average Bonchev–Trinajstić information content (AvgIpc) is 3.03. The second kappa shape index (κ2) is 7.02. The number of nitrogens with zero attached hydrogens (tertiary/aromatic N) is 5. The molecule has 1 saturated heterocycles. The van der Waals surface area contributed by atoms with E-state index < -0.39 is 10.2 Å². The van der Waals surface area contributed by atoms with Gasteiger partial charge in [0.2, 0.25) is 5.27 Å². The Kier molecular flexibility index (Phi) is 4.94. The van der Waals surface area contributed by atoms with Crippen molar-refractivity contribution < 1.29 is 22.5 Å². The molecule has 1 fully saturated rings. The SMILES string of the molecule is CN(C)S(=O)(=O)N1CCN([n+]2noc(N)c2C(=O)c2ccccc2)CC1. The van der Waals surface area contributed by atoms with E-state index in [4.69, 9.17) is 10.3 Å². The molecule has 0 amide bonds. The smallest absolute Gasteiger partial charge is 0.361 e. The summed E-state index contributed by atoms with van der Waals surface area (Å²) in [7, 11) is -0.492. The lowest BCUT2D eigenvalue weighted by Crippen LogP contribution is -2.68. The van der Waals surface area contributed by atoms with E-state index in [2.05, 4.69) is 5.27 Å². The van der Waals surface area contributed by atoms with E-state index in [0.717, 1.165) is 0 Å². The lowest BCUT2D eigenvalue weighted by molar-refractivity contribution is -0.760. The molecule has 140 valence electrons. The van der Waals surface area contributed by atoms with Gasteiger partial charge >= 0.3 is 11.6 Å². The Hall–Kier alpha value is -2.50. The molecule has 3 rings (SSSR count). The maximum Gasteiger partial charge on any atom is 0.378 e. The number of hydrogen-bond donors (Lipinski definition) is 1. The van der Waals surface area contributed by atoms with Gasteiger partial charge < -0.3 is 5.73 Å². The maximum absolute atomic E-state index is 12.8. The summed E-state index contributed by atoms with van der Waals surface area (Å²) >= 11 is 0. The van der Waals surface area contributed by atoms with Crippen LogP contribution in [0.25, 0.3) is 0 Å². The fraction of sp³-hybridized carbons (Fsp3) is 0.400. The first-order chi connectivity index (χ1) is 12.3. The van der Waals surface area contributed by atoms with E-state index in [1.165, 1.54) is 27.5 Å². The number of rotatable bonds is 5. The highest BCUT2D eigenvalue weighted by Gasteiger charge is 2.39. The summed E-state index contributed by atoms with van der Waals surface area (Å²) in [6, 6.07) is 8.69. The fourth-order valence-electron chi connectivity index (χ4n) is 2.72. The van der Waals surface area contributed by atoms with Gasteiger partial charge in [-0.3, -0.25) is 9.32 Å². The topological polar surface area (TPSA) is 117 Å². The third-order valence-electron chi connectivity index (χ3n) is 4.17. The van der Waals surface area contributed by atoms with E-state index >= 15 is 0 Å². The van der Waals surface area contributed by atoms with Crippen LogP contribution in [-0.4, -0.2) is 68.4 Å². The first kappa shape index (κ1) is 18.3. The predicted octanol–water partition coefficient (Wildman–Crippen LogP) is -1.16. The van der Waals surface area contributed by atoms with Crippen LogP contribution in [0.1, 0.15) is 16.1 Å². The third kappa shape index (κ3) is 3.28. The van der Waals surface area contributed by atoms with Gasteiger partial charge in [0.1, 0.15) is 0 Å². The monoisotopic (exact) mass is 381 g/mol. The number of carbonyl (C=O) groups excluding carboxylic acids is 1. The fourth-order valence-corrected chi connectivity index (χ4v) is 3.80. The van der Waals surface area contributed by atoms with Crippen molar-refractivity contribution in [1.82, 2.24) is 13.9 Å². The number of piperazine rings is 1. The molecule has 26 heavy (non-hydrogen) atoms. The molecule has 2 N–H and O–H groups in total. The standard InChI is InChI=1S/C15H20N6O4S/c1-18(2)26(23,24)20-10-8-19(9-11-20)21-13(15(16)25-17-21)14(22)12-6-4-3-5-7-12/h3-7H,8-11H2,1-2H3,(H-,16,17,22)/p+1. The minimum Gasteiger partial charge on any atom is -0.361 e. The molecule has 1 aliphatic rings. The van der Waals surface area contributed by atoms with Crippen LogP contribution in [0.5, 0.6) is 0 Å². The van der Waals surface area contributed by atoms with E-state index in [0.29, 0.717) is 18.7 Å². The van der Waals surface area contributed by atoms with Crippen LogP contribution in [-0.2, 0) is 10.2 Å². The summed E-state index contributed by atoms with van der Waals surface area (Å²) in [5, 5.41) is 5.59. The molecule has 0 saturated carbocycles. The molecule has 0 atom stereocenters. The normalized spacial score (nSPS) is 16.2. The number of aromatic nitrogens is 2. The summed E-state index contributed by atoms with van der Waals surface area (Å²) < 4.78 is 32.0. The zero-order valence-corrected chi connectivity index (χ0v) is 15.4. The van der Waals surface area contributed by atoms with E-state index in [-0.39, 0.29) is 30.5 Å². The Balaban J connectivity index is 1.82. The molecule has 0 radical (unpaired) electrons. The van der Waals surface area contributed by atoms with Crippen molar-refractivity contribution in [3.05, 3.63) is 41.6 Å². The number of carbonyl (C=O) groups is 1. The Morgan fingerprint density at radius 1 is 1.19 bits per heavy atom. The highest BCUT2D eigenvalue weighted by atomic mass is 32.2. The molecule has 1 aliphatic heterocycles. The second-order valence-corrected chi connectivity index (χ2v) is 8.16. The maximum atomic E-state index is 12.8. The Labute approximate surface area is 151 Å². The van der Waals surface area contributed by atoms with Crippen LogP contribution in [0.3, 0.4) is 0 Å². The minimum atomic E-state index is -3.47. The lowest BCUT2D eigenvalue weighted by atomic mass is 10.1. The van der Waals surface area contributed by atoms with Crippen molar-refractivity contribution in [2.75, 3.05) is 51.0 Å². The molecular formula is C15H21N6O4S+. The third-order valence-corrected chi connectivity index (χ3v) is 6.11. The minimum absolute atomic E-state index is 0.0813. The van der Waals surface area contributed by atoms with Crippen molar-refractivity contribution in [2.45, 2.75) is 0 Å². The van der Waals surface area contributed by atoms with E-state index in [1.54, 1.807) is 29.3 Å². The van der Waals surface area contributed by atoms with Gasteiger partial charge in [0, 0.05) is 32.7 Å². The molecule has 0 bridgehead atoms. The second-order valence-electron chi connectivity index (χ2n) is 6.01. The molecule has 10 nitrogen and oxygen atoms in total. The van der Waals surface area contributed by atoms with Crippen LogP contribution in [0.15, 0.2) is 34.9 Å². The largest absolute Gasteiger partial charge is 0.378 e. The molecule has 2 heterocycles. The van der Waals surface area contributed by atoms with Gasteiger partial charge in [-0.15, -0.1) is 5.01 Å². The Bertz CT molecular complexity index is 888. The van der Waals surface area contributed by atoms with Crippen LogP contribution in [0.4, 0.5) is 5.88 Å². The summed E-state index contributed by atoms with van der Waals surface area (Å²) in [6.45, 7) is 1.22. The quantitative estimate of drug-likeness (QED) is 0.513. The molecule has 1 aromatic carbocycles. The van der Waals surface area contributed by atoms with E-state index in [9.17, 15) is 13.2 Å². The van der Waals surface area contributed by atoms with Crippen molar-refractivity contribution in [3.63, 3.8) is 0 Å². The van der Waals surface area contributed by atoms with Gasteiger partial charge in [-0.2, -0.15) is 17.0 Å². The molecule has 0 aliphatic carbocycles. The van der Waals surface area contributed by atoms with E-state index in [1.807, 2.05) is 6.07 Å². The van der Waals surface area contributed by atoms with Crippen LogP contribution in [0, 0.1) is 0 Å². The Morgan fingerprint density at radius 2 is 1.81 bits per heavy atom. The number of hydrogen-bond acceptors (Lipinski definition) is 7. The van der Waals surface area contributed by atoms with Crippen molar-refractivity contribution in [1.29, 1.82) is 0 Å². The molecule has 1 aromatic heterocycles. The highest BCUT2D eigenvalue weighted by molar-refractivity contribution is 7.86. The van der Waals surface area contributed by atoms with Gasteiger partial charge in [-0.1, -0.05) is 30.3 Å². The van der Waals surface area contributed by atoms with Gasteiger partial charge in [0.05, 0.1) is 17.9 Å². The predicted molar refractivity (Wildman–Crippen MR) is 93.1 cm³/mol. The summed E-state index contributed by atoms with van der Waals surface area (Å²) in [4.78, 5) is 14.1. The number of nitrogen functional groups attached to an aromatic ring is 1. The van der Waals surface area contributed by atoms with Crippen LogP contribution in [0.2, 0.25) is 0 Å². The molecule has 0 unspecified atom stereocenters. The van der Waals surface area contributed by atoms with Gasteiger partial charge in [0.15, 0.2) is 0 Å². The summed E-state index contributed by atoms with van der Waals surface area (Å²) in [5.74, 6) is -0.394. The van der Waals surface area contributed by atoms with Crippen LogP contribution >= 0.6 is 0 Å². The van der Waals surface area contributed by atoms with Crippen LogP contribution < -0.4 is 15.5 Å². The van der Waals surface area contributed by atoms with Gasteiger partial charge in [0.25, 0.3) is 16.0 Å². The molecular weight excluding hydrogens is 360 g/mol. The number of anilines is 1. The number of benzene rings is 1.